The van der Waals surface area contributed by atoms with Gasteiger partial charge in [-0.1, -0.05) is 66.7 Å². The highest BCUT2D eigenvalue weighted by Gasteiger charge is 2.10. The van der Waals surface area contributed by atoms with Crippen LogP contribution in [0.2, 0.25) is 0 Å². The van der Waals surface area contributed by atoms with E-state index in [1.54, 1.807) is 6.20 Å². The van der Waals surface area contributed by atoms with Gasteiger partial charge < -0.3 is 9.97 Å². The van der Waals surface area contributed by atoms with Crippen LogP contribution in [0.3, 0.4) is 0 Å². The summed E-state index contributed by atoms with van der Waals surface area (Å²) in [6, 6.07) is 25.8. The van der Waals surface area contributed by atoms with Gasteiger partial charge in [-0.3, -0.25) is 9.78 Å². The van der Waals surface area contributed by atoms with Crippen LogP contribution in [0.25, 0.3) is 34.4 Å². The van der Waals surface area contributed by atoms with E-state index in [1.165, 1.54) is 0 Å². The van der Waals surface area contributed by atoms with Gasteiger partial charge in [-0.2, -0.15) is 0 Å². The van der Waals surface area contributed by atoms with E-state index in [-0.39, 0.29) is 5.56 Å². The molecule has 5 aromatic rings. The number of nitrogens with zero attached hydrogens (tertiary/aromatic N) is 2. The van der Waals surface area contributed by atoms with Crippen LogP contribution in [0.4, 0.5) is 0 Å². The standard InChI is InChI=1S/C26H20N4O/c31-26-22-17-23(28-25(22)29-24(30-26)15-19-9-5-2-6-10-19)20-13-14-27-21(16-20)12-11-18-7-3-1-4-8-18/h1-14,16-17H,15H2,(H2,28,29,30,31)/b12-11+. The zero-order chi connectivity index (χ0) is 21.0. The van der Waals surface area contributed by atoms with E-state index < -0.39 is 0 Å². The highest BCUT2D eigenvalue weighted by atomic mass is 16.1. The molecule has 0 radical (unpaired) electrons. The zero-order valence-electron chi connectivity index (χ0n) is 16.7. The van der Waals surface area contributed by atoms with Crippen molar-refractivity contribution in [2.75, 3.05) is 0 Å². The number of fused-ring (bicyclic) bond motifs is 1. The molecule has 0 unspecified atom stereocenters. The van der Waals surface area contributed by atoms with E-state index in [2.05, 4.69) is 19.9 Å². The lowest BCUT2D eigenvalue weighted by Crippen LogP contribution is -2.11. The highest BCUT2D eigenvalue weighted by Crippen LogP contribution is 2.22. The third kappa shape index (κ3) is 4.21. The van der Waals surface area contributed by atoms with Gasteiger partial charge in [0.2, 0.25) is 0 Å². The fourth-order valence-electron chi connectivity index (χ4n) is 3.55. The summed E-state index contributed by atoms with van der Waals surface area (Å²) >= 11 is 0. The van der Waals surface area contributed by atoms with Crippen molar-refractivity contribution in [1.29, 1.82) is 0 Å². The predicted molar refractivity (Wildman–Crippen MR) is 125 cm³/mol. The Hall–Kier alpha value is -4.25. The van der Waals surface area contributed by atoms with Gasteiger partial charge in [-0.15, -0.1) is 0 Å². The van der Waals surface area contributed by atoms with Crippen LogP contribution in [0.5, 0.6) is 0 Å². The van der Waals surface area contributed by atoms with Gasteiger partial charge in [0.05, 0.1) is 11.1 Å². The Bertz CT molecular complexity index is 1420. The summed E-state index contributed by atoms with van der Waals surface area (Å²) in [6.45, 7) is 0. The smallest absolute Gasteiger partial charge is 0.260 e. The molecule has 0 fully saturated rings. The quantitative estimate of drug-likeness (QED) is 0.429. The first-order chi connectivity index (χ1) is 15.2. The molecular formula is C26H20N4O. The number of hydrogen-bond acceptors (Lipinski definition) is 3. The average Bonchev–Trinajstić information content (AvgIpc) is 3.24. The minimum atomic E-state index is -0.142. The minimum absolute atomic E-state index is 0.142. The first-order valence-corrected chi connectivity index (χ1v) is 10.1. The summed E-state index contributed by atoms with van der Waals surface area (Å²) in [6.07, 6.45) is 6.35. The van der Waals surface area contributed by atoms with E-state index in [0.717, 1.165) is 28.1 Å². The maximum Gasteiger partial charge on any atom is 0.260 e. The summed E-state index contributed by atoms with van der Waals surface area (Å²) in [4.78, 5) is 27.9. The minimum Gasteiger partial charge on any atom is -0.339 e. The van der Waals surface area contributed by atoms with Crippen LogP contribution in [0.15, 0.2) is 89.9 Å². The van der Waals surface area contributed by atoms with E-state index >= 15 is 0 Å². The third-order valence-corrected chi connectivity index (χ3v) is 5.10. The Labute approximate surface area is 179 Å². The molecule has 5 heteroatoms. The van der Waals surface area contributed by atoms with Crippen molar-refractivity contribution >= 4 is 23.2 Å². The van der Waals surface area contributed by atoms with Crippen molar-refractivity contribution in [3.05, 3.63) is 118 Å². The van der Waals surface area contributed by atoms with Crippen LogP contribution in [0.1, 0.15) is 22.6 Å². The van der Waals surface area contributed by atoms with Gasteiger partial charge in [-0.05, 0) is 35.4 Å². The molecule has 150 valence electrons. The molecule has 0 saturated heterocycles. The van der Waals surface area contributed by atoms with Crippen LogP contribution in [0, 0.1) is 0 Å². The first-order valence-electron chi connectivity index (χ1n) is 10.1. The molecular weight excluding hydrogens is 384 g/mol. The molecule has 5 rings (SSSR count). The van der Waals surface area contributed by atoms with Crippen molar-refractivity contribution < 1.29 is 0 Å². The summed E-state index contributed by atoms with van der Waals surface area (Å²) in [5, 5.41) is 0.546. The second-order valence-electron chi connectivity index (χ2n) is 7.33. The molecule has 0 bridgehead atoms. The Kier molecular flexibility index (Phi) is 4.99. The Morgan fingerprint density at radius 3 is 2.42 bits per heavy atom. The summed E-state index contributed by atoms with van der Waals surface area (Å²) in [5.41, 5.74) is 5.28. The van der Waals surface area contributed by atoms with Gasteiger partial charge in [0.1, 0.15) is 11.5 Å². The maximum atomic E-state index is 12.6. The lowest BCUT2D eigenvalue weighted by atomic mass is 10.1. The average molecular weight is 404 g/mol. The lowest BCUT2D eigenvalue weighted by Gasteiger charge is -2.01. The van der Waals surface area contributed by atoms with E-state index in [9.17, 15) is 4.79 Å². The fourth-order valence-corrected chi connectivity index (χ4v) is 3.55. The van der Waals surface area contributed by atoms with Gasteiger partial charge in [-0.25, -0.2) is 4.98 Å². The lowest BCUT2D eigenvalue weighted by molar-refractivity contribution is 0.968. The van der Waals surface area contributed by atoms with Gasteiger partial charge in [0.25, 0.3) is 5.56 Å². The largest absolute Gasteiger partial charge is 0.339 e. The summed E-state index contributed by atoms with van der Waals surface area (Å²) in [5.74, 6) is 0.637. The third-order valence-electron chi connectivity index (χ3n) is 5.10. The number of benzene rings is 2. The fraction of sp³-hybridized carbons (Fsp3) is 0.0385. The topological polar surface area (TPSA) is 74.4 Å². The van der Waals surface area contributed by atoms with Crippen LogP contribution in [-0.2, 0) is 6.42 Å². The molecule has 3 aromatic heterocycles. The van der Waals surface area contributed by atoms with Crippen molar-refractivity contribution in [2.24, 2.45) is 0 Å². The molecule has 0 amide bonds. The second kappa shape index (κ2) is 8.24. The molecule has 2 aromatic carbocycles. The van der Waals surface area contributed by atoms with E-state index in [1.807, 2.05) is 91.0 Å². The van der Waals surface area contributed by atoms with E-state index in [4.69, 9.17) is 0 Å². The maximum absolute atomic E-state index is 12.6. The van der Waals surface area contributed by atoms with Crippen molar-refractivity contribution in [2.45, 2.75) is 6.42 Å². The Morgan fingerprint density at radius 2 is 1.61 bits per heavy atom. The molecule has 0 aliphatic carbocycles. The number of hydrogen-bond donors (Lipinski definition) is 2. The van der Waals surface area contributed by atoms with Crippen molar-refractivity contribution in [3.63, 3.8) is 0 Å². The number of aromatic amines is 2. The summed E-state index contributed by atoms with van der Waals surface area (Å²) < 4.78 is 0. The monoisotopic (exact) mass is 404 g/mol. The first kappa shape index (κ1) is 18.8. The molecule has 0 atom stereocenters. The van der Waals surface area contributed by atoms with Crippen LogP contribution in [-0.4, -0.2) is 19.9 Å². The SMILES string of the molecule is O=c1[nH]c(Cc2ccccc2)nc2[nH]c(-c3ccnc(/C=C/c4ccccc4)c3)cc12. The van der Waals surface area contributed by atoms with Crippen molar-refractivity contribution in [1.82, 2.24) is 19.9 Å². The second-order valence-corrected chi connectivity index (χ2v) is 7.33. The number of nitrogens with one attached hydrogen (secondary N) is 2. The Morgan fingerprint density at radius 1 is 0.839 bits per heavy atom. The molecule has 2 N–H and O–H groups in total. The number of aromatic nitrogens is 4. The number of rotatable bonds is 5. The summed E-state index contributed by atoms with van der Waals surface area (Å²) in [7, 11) is 0. The number of pyridine rings is 1. The zero-order valence-corrected chi connectivity index (χ0v) is 16.7. The normalized spacial score (nSPS) is 11.4. The van der Waals surface area contributed by atoms with Crippen molar-refractivity contribution in [3.8, 4) is 11.3 Å². The van der Waals surface area contributed by atoms with Gasteiger partial charge in [0.15, 0.2) is 0 Å². The molecule has 0 aliphatic heterocycles. The molecule has 5 nitrogen and oxygen atoms in total. The highest BCUT2D eigenvalue weighted by molar-refractivity contribution is 5.83. The Balaban J connectivity index is 1.46. The van der Waals surface area contributed by atoms with Gasteiger partial charge in [0, 0.05) is 23.9 Å². The molecule has 0 aliphatic rings. The molecule has 3 heterocycles. The van der Waals surface area contributed by atoms with Crippen LogP contribution < -0.4 is 5.56 Å². The molecule has 31 heavy (non-hydrogen) atoms. The van der Waals surface area contributed by atoms with E-state index in [0.29, 0.717) is 23.3 Å². The van der Waals surface area contributed by atoms with Gasteiger partial charge >= 0.3 is 0 Å². The molecule has 0 spiro atoms. The molecule has 0 saturated carbocycles. The predicted octanol–water partition coefficient (Wildman–Crippen LogP) is 5.07. The number of H-pyrrole nitrogens is 2. The van der Waals surface area contributed by atoms with Crippen LogP contribution >= 0.6 is 0 Å².